The molecule has 4 aromatic rings. The largest absolute Gasteiger partial charge is 0.504 e. The molecule has 0 aliphatic carbocycles. The van der Waals surface area contributed by atoms with Crippen LogP contribution in [0.1, 0.15) is 5.56 Å². The number of phenols is 2. The maximum absolute atomic E-state index is 9.65. The monoisotopic (exact) mass is 373 g/mol. The third-order valence-electron chi connectivity index (χ3n) is 4.42. The van der Waals surface area contributed by atoms with Gasteiger partial charge in [0.2, 0.25) is 0 Å². The Labute approximate surface area is 161 Å². The minimum atomic E-state index is -0.204. The summed E-state index contributed by atoms with van der Waals surface area (Å²) in [5.74, 6) is 0.959. The van der Waals surface area contributed by atoms with Gasteiger partial charge in [-0.2, -0.15) is 0 Å². The second kappa shape index (κ2) is 6.96. The highest BCUT2D eigenvalue weighted by molar-refractivity contribution is 5.83. The predicted molar refractivity (Wildman–Crippen MR) is 111 cm³/mol. The number of hydrogen-bond acceptors (Lipinski definition) is 6. The molecule has 2 aromatic carbocycles. The van der Waals surface area contributed by atoms with Crippen molar-refractivity contribution in [2.45, 2.75) is 0 Å². The Kier molecular flexibility index (Phi) is 4.33. The van der Waals surface area contributed by atoms with E-state index in [1.54, 1.807) is 12.3 Å². The fourth-order valence-corrected chi connectivity index (χ4v) is 2.85. The number of aromatic amines is 1. The van der Waals surface area contributed by atoms with Crippen molar-refractivity contribution in [3.8, 4) is 22.9 Å². The van der Waals surface area contributed by atoms with E-state index < -0.39 is 0 Å². The molecular weight excluding hydrogens is 354 g/mol. The average molecular weight is 373 g/mol. The van der Waals surface area contributed by atoms with Crippen molar-refractivity contribution in [3.05, 3.63) is 66.9 Å². The summed E-state index contributed by atoms with van der Waals surface area (Å²) < 4.78 is 0. The van der Waals surface area contributed by atoms with Crippen molar-refractivity contribution >= 4 is 28.2 Å². The standard InChI is InChI=1S/C21H19N5O2/c1-12(14-5-8-18(27)19(28)9-14)24-20-10-16-17(11-23-20)26-21(25-16)13-3-6-15(22-2)7-4-13/h3-11,22,27-28H,1H2,2H3,(H,23,24)(H,25,26). The molecule has 2 heterocycles. The number of rotatable bonds is 5. The van der Waals surface area contributed by atoms with E-state index >= 15 is 0 Å². The summed E-state index contributed by atoms with van der Waals surface area (Å²) in [7, 11) is 1.88. The minimum absolute atomic E-state index is 0.178. The molecule has 0 fully saturated rings. The Balaban J connectivity index is 1.58. The third kappa shape index (κ3) is 3.33. The average Bonchev–Trinajstić information content (AvgIpc) is 3.13. The first-order valence-corrected chi connectivity index (χ1v) is 8.66. The van der Waals surface area contributed by atoms with Gasteiger partial charge in [0, 0.05) is 35.6 Å². The van der Waals surface area contributed by atoms with Gasteiger partial charge >= 0.3 is 0 Å². The van der Waals surface area contributed by atoms with Crippen LogP contribution in [0, 0.1) is 0 Å². The summed E-state index contributed by atoms with van der Waals surface area (Å²) in [6.45, 7) is 3.96. The zero-order chi connectivity index (χ0) is 19.7. The molecule has 4 rings (SSSR count). The van der Waals surface area contributed by atoms with Gasteiger partial charge in [-0.25, -0.2) is 9.97 Å². The van der Waals surface area contributed by atoms with Crippen LogP contribution in [0.3, 0.4) is 0 Å². The number of benzene rings is 2. The normalized spacial score (nSPS) is 10.8. The van der Waals surface area contributed by atoms with Crippen molar-refractivity contribution in [1.29, 1.82) is 0 Å². The second-order valence-corrected chi connectivity index (χ2v) is 6.31. The van der Waals surface area contributed by atoms with Crippen molar-refractivity contribution in [1.82, 2.24) is 15.0 Å². The maximum Gasteiger partial charge on any atom is 0.158 e. The van der Waals surface area contributed by atoms with E-state index in [4.69, 9.17) is 0 Å². The van der Waals surface area contributed by atoms with Crippen LogP contribution < -0.4 is 10.6 Å². The van der Waals surface area contributed by atoms with E-state index in [0.29, 0.717) is 17.1 Å². The molecule has 28 heavy (non-hydrogen) atoms. The van der Waals surface area contributed by atoms with E-state index in [2.05, 4.69) is 32.2 Å². The molecule has 0 radical (unpaired) electrons. The molecule has 0 aliphatic rings. The molecule has 0 bridgehead atoms. The molecule has 2 aromatic heterocycles. The van der Waals surface area contributed by atoms with Crippen LogP contribution in [-0.2, 0) is 0 Å². The number of fused-ring (bicyclic) bond motifs is 1. The van der Waals surface area contributed by atoms with E-state index in [1.807, 2.05) is 37.4 Å². The molecule has 5 N–H and O–H groups in total. The fourth-order valence-electron chi connectivity index (χ4n) is 2.85. The Hall–Kier alpha value is -4.00. The molecule has 0 aliphatic heterocycles. The summed E-state index contributed by atoms with van der Waals surface area (Å²) in [4.78, 5) is 12.3. The Morgan fingerprint density at radius 2 is 1.82 bits per heavy atom. The molecule has 7 nitrogen and oxygen atoms in total. The van der Waals surface area contributed by atoms with Crippen LogP contribution in [0.15, 0.2) is 61.3 Å². The fraction of sp³-hybridized carbons (Fsp3) is 0.0476. The van der Waals surface area contributed by atoms with Crippen LogP contribution in [0.2, 0.25) is 0 Å². The summed E-state index contributed by atoms with van der Waals surface area (Å²) in [6, 6.07) is 14.3. The maximum atomic E-state index is 9.65. The Bertz CT molecular complexity index is 1170. The third-order valence-corrected chi connectivity index (χ3v) is 4.42. The van der Waals surface area contributed by atoms with Crippen LogP contribution in [0.25, 0.3) is 28.1 Å². The van der Waals surface area contributed by atoms with Gasteiger partial charge in [-0.15, -0.1) is 0 Å². The Morgan fingerprint density at radius 1 is 1.04 bits per heavy atom. The number of nitrogens with zero attached hydrogens (tertiary/aromatic N) is 2. The van der Waals surface area contributed by atoms with Crippen LogP contribution in [0.5, 0.6) is 11.5 Å². The molecule has 0 unspecified atom stereocenters. The highest BCUT2D eigenvalue weighted by atomic mass is 16.3. The van der Waals surface area contributed by atoms with Crippen LogP contribution in [-0.4, -0.2) is 32.2 Å². The SMILES string of the molecule is C=C(Nc1cc2nc(-c3ccc(NC)cc3)[nH]c2cn1)c1ccc(O)c(O)c1. The number of aromatic hydroxyl groups is 2. The van der Waals surface area contributed by atoms with Crippen molar-refractivity contribution in [2.75, 3.05) is 17.7 Å². The number of anilines is 2. The first-order chi connectivity index (χ1) is 13.5. The minimum Gasteiger partial charge on any atom is -0.504 e. The molecule has 0 spiro atoms. The van der Waals surface area contributed by atoms with Gasteiger partial charge in [-0.05, 0) is 42.5 Å². The molecule has 140 valence electrons. The molecule has 0 amide bonds. The smallest absolute Gasteiger partial charge is 0.158 e. The highest BCUT2D eigenvalue weighted by Gasteiger charge is 2.09. The van der Waals surface area contributed by atoms with Gasteiger partial charge in [-0.1, -0.05) is 6.58 Å². The first kappa shape index (κ1) is 17.4. The van der Waals surface area contributed by atoms with Crippen molar-refractivity contribution in [2.24, 2.45) is 0 Å². The van der Waals surface area contributed by atoms with E-state index in [0.717, 1.165) is 28.1 Å². The lowest BCUT2D eigenvalue weighted by molar-refractivity contribution is 0.403. The first-order valence-electron chi connectivity index (χ1n) is 8.66. The van der Waals surface area contributed by atoms with Gasteiger partial charge < -0.3 is 25.8 Å². The number of aromatic nitrogens is 3. The van der Waals surface area contributed by atoms with Crippen LogP contribution in [0.4, 0.5) is 11.5 Å². The summed E-state index contributed by atoms with van der Waals surface area (Å²) in [5, 5.41) is 25.3. The highest BCUT2D eigenvalue weighted by Crippen LogP contribution is 2.29. The second-order valence-electron chi connectivity index (χ2n) is 6.31. The number of H-pyrrole nitrogens is 1. The number of pyridine rings is 1. The lowest BCUT2D eigenvalue weighted by Crippen LogP contribution is -1.99. The molecule has 0 saturated carbocycles. The molecular formula is C21H19N5O2. The predicted octanol–water partition coefficient (Wildman–Crippen LogP) is 4.16. The molecule has 0 atom stereocenters. The summed E-state index contributed by atoms with van der Waals surface area (Å²) in [6.07, 6.45) is 1.71. The number of phenolic OH excluding ortho intramolecular Hbond substituents is 2. The van der Waals surface area contributed by atoms with Gasteiger partial charge in [-0.3, -0.25) is 0 Å². The van der Waals surface area contributed by atoms with E-state index in [1.165, 1.54) is 12.1 Å². The molecule has 7 heteroatoms. The van der Waals surface area contributed by atoms with E-state index in [9.17, 15) is 10.2 Å². The van der Waals surface area contributed by atoms with Gasteiger partial charge in [0.25, 0.3) is 0 Å². The molecule has 0 saturated heterocycles. The summed E-state index contributed by atoms with van der Waals surface area (Å²) in [5.41, 5.74) is 4.79. The number of imidazole rings is 1. The summed E-state index contributed by atoms with van der Waals surface area (Å²) >= 11 is 0. The lowest BCUT2D eigenvalue weighted by atomic mass is 10.1. The number of nitrogens with one attached hydrogen (secondary N) is 3. The number of hydrogen-bond donors (Lipinski definition) is 5. The Morgan fingerprint density at radius 3 is 2.54 bits per heavy atom. The van der Waals surface area contributed by atoms with Gasteiger partial charge in [0.1, 0.15) is 11.6 Å². The quantitative estimate of drug-likeness (QED) is 0.336. The zero-order valence-electron chi connectivity index (χ0n) is 15.2. The van der Waals surface area contributed by atoms with Crippen LogP contribution >= 0.6 is 0 Å². The topological polar surface area (TPSA) is 106 Å². The van der Waals surface area contributed by atoms with Gasteiger partial charge in [0.05, 0.1) is 17.2 Å². The van der Waals surface area contributed by atoms with Crippen molar-refractivity contribution < 1.29 is 10.2 Å². The zero-order valence-corrected chi connectivity index (χ0v) is 15.2. The van der Waals surface area contributed by atoms with Crippen molar-refractivity contribution in [3.63, 3.8) is 0 Å². The van der Waals surface area contributed by atoms with E-state index in [-0.39, 0.29) is 11.5 Å². The lowest BCUT2D eigenvalue weighted by Gasteiger charge is -2.09. The van der Waals surface area contributed by atoms with Gasteiger partial charge in [0.15, 0.2) is 11.5 Å².